The maximum Gasteiger partial charge on any atom is 0.263 e. The van der Waals surface area contributed by atoms with Gasteiger partial charge in [0.25, 0.3) is 11.8 Å². The standard InChI is InChI=1S/C20H15BrN6O4/c1-30-14-7-5-13(6-8-14)27-19(28)16-17(20(27)29)26(25-23-16)10-15-22-18(24-31-15)11-3-2-4-12(21)9-11/h2-9,16-17H,10H2,1H3/t16-,17-/m0/s1. The van der Waals surface area contributed by atoms with Crippen LogP contribution in [0.2, 0.25) is 0 Å². The Kier molecular flexibility index (Phi) is 4.74. The number of benzene rings is 2. The van der Waals surface area contributed by atoms with Crippen LogP contribution < -0.4 is 9.64 Å². The highest BCUT2D eigenvalue weighted by molar-refractivity contribution is 9.10. The van der Waals surface area contributed by atoms with Crippen LogP contribution in [0.4, 0.5) is 5.69 Å². The minimum absolute atomic E-state index is 0.0567. The molecule has 5 rings (SSSR count). The van der Waals surface area contributed by atoms with E-state index < -0.39 is 23.9 Å². The number of rotatable bonds is 5. The van der Waals surface area contributed by atoms with Crippen molar-refractivity contribution in [3.8, 4) is 17.1 Å². The maximum atomic E-state index is 13.1. The van der Waals surface area contributed by atoms with Gasteiger partial charge in [0.15, 0.2) is 12.1 Å². The molecule has 0 aliphatic carbocycles. The summed E-state index contributed by atoms with van der Waals surface area (Å²) in [4.78, 5) is 31.4. The number of fused-ring (bicyclic) bond motifs is 1. The number of halogens is 1. The van der Waals surface area contributed by atoms with E-state index in [1.165, 1.54) is 5.01 Å². The highest BCUT2D eigenvalue weighted by atomic mass is 79.9. The zero-order valence-electron chi connectivity index (χ0n) is 16.2. The normalized spacial score (nSPS) is 19.9. The molecule has 2 aliphatic heterocycles. The molecule has 0 spiro atoms. The van der Waals surface area contributed by atoms with Crippen LogP contribution in [0.5, 0.6) is 5.75 Å². The van der Waals surface area contributed by atoms with E-state index in [1.54, 1.807) is 31.4 Å². The molecule has 0 radical (unpaired) electrons. The molecule has 2 amide bonds. The lowest BCUT2D eigenvalue weighted by Gasteiger charge is -2.19. The van der Waals surface area contributed by atoms with Gasteiger partial charge < -0.3 is 9.26 Å². The number of anilines is 1. The van der Waals surface area contributed by atoms with Gasteiger partial charge in [-0.3, -0.25) is 14.6 Å². The average Bonchev–Trinajstić information content (AvgIpc) is 3.47. The Bertz CT molecular complexity index is 1190. The largest absolute Gasteiger partial charge is 0.497 e. The number of carbonyl (C=O) groups is 2. The lowest BCUT2D eigenvalue weighted by molar-refractivity contribution is -0.123. The van der Waals surface area contributed by atoms with Crippen molar-refractivity contribution in [3.63, 3.8) is 0 Å². The molecule has 1 saturated heterocycles. The van der Waals surface area contributed by atoms with E-state index in [4.69, 9.17) is 9.26 Å². The third-order valence-corrected chi connectivity index (χ3v) is 5.53. The number of hydrogen-bond donors (Lipinski definition) is 0. The van der Waals surface area contributed by atoms with Crippen molar-refractivity contribution in [2.75, 3.05) is 12.0 Å². The Balaban J connectivity index is 1.35. The summed E-state index contributed by atoms with van der Waals surface area (Å²) in [6.07, 6.45) is 0. The van der Waals surface area contributed by atoms with E-state index in [-0.39, 0.29) is 12.4 Å². The Morgan fingerprint density at radius 2 is 1.94 bits per heavy atom. The molecule has 0 bridgehead atoms. The summed E-state index contributed by atoms with van der Waals surface area (Å²) in [7, 11) is 1.55. The summed E-state index contributed by atoms with van der Waals surface area (Å²) >= 11 is 3.41. The van der Waals surface area contributed by atoms with Crippen molar-refractivity contribution < 1.29 is 18.8 Å². The first kappa shape index (κ1) is 19.4. The molecule has 3 heterocycles. The molecule has 1 aromatic heterocycles. The first-order valence-corrected chi connectivity index (χ1v) is 10.1. The van der Waals surface area contributed by atoms with Crippen LogP contribution in [0.3, 0.4) is 0 Å². The van der Waals surface area contributed by atoms with Gasteiger partial charge in [-0.05, 0) is 36.4 Å². The molecule has 0 unspecified atom stereocenters. The van der Waals surface area contributed by atoms with Crippen molar-refractivity contribution in [1.29, 1.82) is 0 Å². The van der Waals surface area contributed by atoms with Gasteiger partial charge in [0, 0.05) is 10.0 Å². The second-order valence-corrected chi connectivity index (χ2v) is 7.84. The molecule has 31 heavy (non-hydrogen) atoms. The van der Waals surface area contributed by atoms with Crippen LogP contribution in [0.1, 0.15) is 5.89 Å². The van der Waals surface area contributed by atoms with Crippen molar-refractivity contribution in [2.45, 2.75) is 18.6 Å². The minimum Gasteiger partial charge on any atom is -0.497 e. The summed E-state index contributed by atoms with van der Waals surface area (Å²) in [6.45, 7) is 0.0567. The second kappa shape index (κ2) is 7.58. The summed E-state index contributed by atoms with van der Waals surface area (Å²) in [5.74, 6) is 0.473. The van der Waals surface area contributed by atoms with E-state index >= 15 is 0 Å². The fraction of sp³-hybridized carbons (Fsp3) is 0.200. The molecule has 11 heteroatoms. The summed E-state index contributed by atoms with van der Waals surface area (Å²) in [5.41, 5.74) is 1.23. The first-order chi connectivity index (χ1) is 15.0. The fourth-order valence-electron chi connectivity index (χ4n) is 3.54. The van der Waals surface area contributed by atoms with E-state index in [1.807, 2.05) is 24.3 Å². The molecule has 2 aromatic carbocycles. The predicted molar refractivity (Wildman–Crippen MR) is 111 cm³/mol. The summed E-state index contributed by atoms with van der Waals surface area (Å²) in [5, 5.41) is 13.4. The fourth-order valence-corrected chi connectivity index (χ4v) is 3.94. The molecule has 0 saturated carbocycles. The number of nitrogens with zero attached hydrogens (tertiary/aromatic N) is 6. The van der Waals surface area contributed by atoms with Gasteiger partial charge in [-0.15, -0.1) is 0 Å². The van der Waals surface area contributed by atoms with Crippen LogP contribution in [0.25, 0.3) is 11.4 Å². The highest BCUT2D eigenvalue weighted by Gasteiger charge is 2.55. The zero-order chi connectivity index (χ0) is 21.5. The Hall–Kier alpha value is -3.60. The molecular formula is C20H15BrN6O4. The number of carbonyl (C=O) groups excluding carboxylic acids is 2. The van der Waals surface area contributed by atoms with Crippen LogP contribution in [0.15, 0.2) is 67.9 Å². The van der Waals surface area contributed by atoms with Crippen LogP contribution in [-0.4, -0.2) is 46.2 Å². The van der Waals surface area contributed by atoms with Crippen LogP contribution >= 0.6 is 15.9 Å². The summed E-state index contributed by atoms with van der Waals surface area (Å²) < 4.78 is 11.3. The number of hydrogen-bond acceptors (Lipinski definition) is 9. The monoisotopic (exact) mass is 482 g/mol. The van der Waals surface area contributed by atoms with Crippen LogP contribution in [-0.2, 0) is 16.1 Å². The predicted octanol–water partition coefficient (Wildman–Crippen LogP) is 3.00. The smallest absolute Gasteiger partial charge is 0.263 e. The van der Waals surface area contributed by atoms with Gasteiger partial charge in [-0.1, -0.05) is 38.4 Å². The van der Waals surface area contributed by atoms with Gasteiger partial charge in [0.1, 0.15) is 12.3 Å². The maximum absolute atomic E-state index is 13.1. The van der Waals surface area contributed by atoms with Crippen molar-refractivity contribution >= 4 is 33.4 Å². The topological polar surface area (TPSA) is 113 Å². The minimum atomic E-state index is -0.901. The van der Waals surface area contributed by atoms with Crippen LogP contribution in [0, 0.1) is 0 Å². The molecule has 2 aliphatic rings. The number of amides is 2. The zero-order valence-corrected chi connectivity index (χ0v) is 17.8. The number of methoxy groups -OCH3 is 1. The Morgan fingerprint density at radius 1 is 1.13 bits per heavy atom. The molecule has 3 aromatic rings. The van der Waals surface area contributed by atoms with E-state index in [0.29, 0.717) is 17.3 Å². The molecule has 156 valence electrons. The quantitative estimate of drug-likeness (QED) is 0.513. The average molecular weight is 483 g/mol. The van der Waals surface area contributed by atoms with Crippen molar-refractivity contribution in [3.05, 3.63) is 58.9 Å². The van der Waals surface area contributed by atoms with Gasteiger partial charge in [-0.25, -0.2) is 4.90 Å². The van der Waals surface area contributed by atoms with E-state index in [9.17, 15) is 9.59 Å². The third-order valence-electron chi connectivity index (χ3n) is 5.04. The number of imide groups is 1. The summed E-state index contributed by atoms with van der Waals surface area (Å²) in [6, 6.07) is 12.4. The second-order valence-electron chi connectivity index (χ2n) is 6.92. The lowest BCUT2D eigenvalue weighted by atomic mass is 10.1. The van der Waals surface area contributed by atoms with Gasteiger partial charge >= 0.3 is 0 Å². The molecular weight excluding hydrogens is 468 g/mol. The number of ether oxygens (including phenoxy) is 1. The first-order valence-electron chi connectivity index (χ1n) is 9.33. The van der Waals surface area contributed by atoms with E-state index in [2.05, 4.69) is 36.4 Å². The molecule has 1 fully saturated rings. The molecule has 0 N–H and O–H groups in total. The SMILES string of the molecule is COc1ccc(N2C(=O)[C@H]3N=NN(Cc4nc(-c5cccc(Br)c5)no4)[C@@H]3C2=O)cc1. The molecule has 10 nitrogen and oxygen atoms in total. The van der Waals surface area contributed by atoms with Gasteiger partial charge in [0.2, 0.25) is 11.7 Å². The van der Waals surface area contributed by atoms with Gasteiger partial charge in [0.05, 0.1) is 12.8 Å². The highest BCUT2D eigenvalue weighted by Crippen LogP contribution is 2.33. The number of aromatic nitrogens is 2. The Morgan fingerprint density at radius 3 is 2.68 bits per heavy atom. The third kappa shape index (κ3) is 3.36. The Labute approximate surface area is 184 Å². The lowest BCUT2D eigenvalue weighted by Crippen LogP contribution is -2.39. The van der Waals surface area contributed by atoms with E-state index in [0.717, 1.165) is 14.9 Å². The van der Waals surface area contributed by atoms with Crippen molar-refractivity contribution in [1.82, 2.24) is 15.1 Å². The van der Waals surface area contributed by atoms with Gasteiger partial charge in [-0.2, -0.15) is 10.1 Å². The van der Waals surface area contributed by atoms with Crippen molar-refractivity contribution in [2.24, 2.45) is 10.3 Å². The molecule has 2 atom stereocenters.